The zero-order valence-electron chi connectivity index (χ0n) is 31.1. The topological polar surface area (TPSA) is 45.7 Å². The second-order valence-corrected chi connectivity index (χ2v) is 16.0. The number of imidazole rings is 1. The number of aryl methyl sites for hydroxylation is 2. The van der Waals surface area contributed by atoms with Gasteiger partial charge in [-0.25, -0.2) is 9.38 Å². The van der Waals surface area contributed by atoms with Gasteiger partial charge in [-0.15, -0.1) is 52.4 Å². The Morgan fingerprint density at radius 3 is 2.40 bits per heavy atom. The molecular formula is C50H41IrN4-. The molecule has 0 amide bonds. The Balaban J connectivity index is 0.000000134. The molecular weight excluding hydrogens is 849 g/mol. The maximum Gasteiger partial charge on any atom is 0.250 e. The molecule has 12 rings (SSSR count). The molecule has 3 aliphatic carbocycles. The van der Waals surface area contributed by atoms with Crippen LogP contribution in [0, 0.1) is 37.8 Å². The van der Waals surface area contributed by atoms with Crippen LogP contribution in [0.25, 0.3) is 71.6 Å². The molecule has 4 unspecified atom stereocenters. The Morgan fingerprint density at radius 2 is 1.49 bits per heavy atom. The number of hydrogen-bond donors (Lipinski definition) is 1. The number of benzene rings is 5. The zero-order valence-corrected chi connectivity index (χ0v) is 33.5. The molecule has 0 aliphatic heterocycles. The van der Waals surface area contributed by atoms with E-state index in [4.69, 9.17) is 4.98 Å². The van der Waals surface area contributed by atoms with Gasteiger partial charge in [0, 0.05) is 38.0 Å². The Kier molecular flexibility index (Phi) is 8.42. The van der Waals surface area contributed by atoms with E-state index in [1.165, 1.54) is 70.5 Å². The van der Waals surface area contributed by atoms with E-state index >= 15 is 0 Å². The summed E-state index contributed by atoms with van der Waals surface area (Å²) in [4.78, 5) is 13.1. The van der Waals surface area contributed by atoms with Crippen molar-refractivity contribution in [2.75, 3.05) is 0 Å². The minimum absolute atomic E-state index is 0. The molecule has 3 bridgehead atoms. The number of rotatable bonds is 2. The van der Waals surface area contributed by atoms with Gasteiger partial charge in [-0.1, -0.05) is 90.7 Å². The van der Waals surface area contributed by atoms with Crippen LogP contribution in [0.5, 0.6) is 0 Å². The van der Waals surface area contributed by atoms with Crippen LogP contribution in [0.15, 0.2) is 122 Å². The molecule has 5 aromatic carbocycles. The third-order valence-electron chi connectivity index (χ3n) is 13.0. The monoisotopic (exact) mass is 890 g/mol. The summed E-state index contributed by atoms with van der Waals surface area (Å²) in [6.45, 7) is 4.39. The molecule has 5 heteroatoms. The molecule has 4 heterocycles. The summed E-state index contributed by atoms with van der Waals surface area (Å²) in [5.74, 6) is 3.50. The number of pyridine rings is 3. The normalized spacial score (nSPS) is 19.7. The standard InChI is InChI=1S/C28H28N.C22H12N3.Ir/c1-17-4-3-5-18(2)28(17)22-10-11-29-27(16-22)21-8-9-25-20-7-6-19-12-24(26(25)15-21)14-23(19)13-20;1-2-7-15-14(6-1)11-12-16-20(15)22-24-17-8-3-4-9-18(17)25(22)19-10-5-13-23-21(16)19;/h3-5,9-11,15-16,19-20,23-24H,6-7,12-14H2,1-2H3;1-11,13H;/q2*-1;/p+1. The molecule has 1 radical (unpaired) electrons. The maximum atomic E-state index is 4.74. The SMILES string of the molecule is Cc1cccc(C)c1-c1ccnc(-c2[c-]cc3c(c2)C2CC4CCC3CC4C2)c1.[Ir].[c-]1cc2ccccc2c2c1c1ncccc1[n+]1c3ccccc3[nH]c21. The van der Waals surface area contributed by atoms with Crippen molar-refractivity contribution in [2.24, 2.45) is 11.8 Å². The molecule has 2 fully saturated rings. The second-order valence-electron chi connectivity index (χ2n) is 16.0. The number of hydrogen-bond acceptors (Lipinski definition) is 2. The summed E-state index contributed by atoms with van der Waals surface area (Å²) in [6, 6.07) is 45.8. The van der Waals surface area contributed by atoms with Crippen molar-refractivity contribution in [3.63, 3.8) is 0 Å². The average molecular weight is 890 g/mol. The van der Waals surface area contributed by atoms with Crippen LogP contribution in [0.4, 0.5) is 0 Å². The Labute approximate surface area is 335 Å². The smallest absolute Gasteiger partial charge is 0.250 e. The number of fused-ring (bicyclic) bond motifs is 15. The van der Waals surface area contributed by atoms with Crippen molar-refractivity contribution in [3.8, 4) is 22.4 Å². The molecule has 1 N–H and O–H groups in total. The fraction of sp³-hybridized carbons (Fsp3) is 0.220. The van der Waals surface area contributed by atoms with E-state index in [2.05, 4.69) is 143 Å². The molecule has 4 atom stereocenters. The second kappa shape index (κ2) is 13.5. The van der Waals surface area contributed by atoms with Gasteiger partial charge in [0.05, 0.1) is 0 Å². The first-order valence-corrected chi connectivity index (χ1v) is 19.6. The van der Waals surface area contributed by atoms with Gasteiger partial charge >= 0.3 is 0 Å². The number of para-hydroxylation sites is 2. The van der Waals surface area contributed by atoms with Crippen LogP contribution in [0.3, 0.4) is 0 Å². The first-order chi connectivity index (χ1) is 26.6. The number of aromatic nitrogens is 4. The van der Waals surface area contributed by atoms with Crippen LogP contribution >= 0.6 is 0 Å². The van der Waals surface area contributed by atoms with Crippen molar-refractivity contribution >= 4 is 49.3 Å². The number of H-pyrrole nitrogens is 1. The van der Waals surface area contributed by atoms with Crippen molar-refractivity contribution in [1.82, 2.24) is 15.0 Å². The van der Waals surface area contributed by atoms with E-state index in [1.54, 1.807) is 11.1 Å². The first-order valence-electron chi connectivity index (χ1n) is 19.6. The van der Waals surface area contributed by atoms with E-state index in [9.17, 15) is 0 Å². The number of aromatic amines is 1. The quantitative estimate of drug-likeness (QED) is 0.107. The van der Waals surface area contributed by atoms with Crippen molar-refractivity contribution in [1.29, 1.82) is 0 Å². The molecule has 55 heavy (non-hydrogen) atoms. The summed E-state index contributed by atoms with van der Waals surface area (Å²) in [5.41, 5.74) is 16.1. The van der Waals surface area contributed by atoms with Gasteiger partial charge in [0.2, 0.25) is 5.65 Å². The fourth-order valence-corrected chi connectivity index (χ4v) is 10.6. The van der Waals surface area contributed by atoms with E-state index in [-0.39, 0.29) is 20.1 Å². The third-order valence-corrected chi connectivity index (χ3v) is 13.0. The molecule has 4 nitrogen and oxygen atoms in total. The summed E-state index contributed by atoms with van der Waals surface area (Å²) in [5, 5.41) is 4.63. The summed E-state index contributed by atoms with van der Waals surface area (Å²) in [7, 11) is 0. The first kappa shape index (κ1) is 34.3. The van der Waals surface area contributed by atoms with Gasteiger partial charge in [-0.2, -0.15) is 0 Å². The molecule has 271 valence electrons. The van der Waals surface area contributed by atoms with Gasteiger partial charge in [0.1, 0.15) is 5.52 Å². The summed E-state index contributed by atoms with van der Waals surface area (Å²) < 4.78 is 2.28. The van der Waals surface area contributed by atoms with Crippen LogP contribution in [-0.2, 0) is 20.1 Å². The van der Waals surface area contributed by atoms with Crippen molar-refractivity contribution in [3.05, 3.63) is 156 Å². The molecule has 0 saturated heterocycles. The summed E-state index contributed by atoms with van der Waals surface area (Å²) in [6.07, 6.45) is 10.9. The average Bonchev–Trinajstić information content (AvgIpc) is 3.79. The van der Waals surface area contributed by atoms with Crippen LogP contribution in [-0.4, -0.2) is 15.0 Å². The molecule has 9 aromatic rings. The molecule has 0 spiro atoms. The fourth-order valence-electron chi connectivity index (χ4n) is 10.6. The predicted octanol–water partition coefficient (Wildman–Crippen LogP) is 11.8. The van der Waals surface area contributed by atoms with Gasteiger partial charge in [0.25, 0.3) is 0 Å². The van der Waals surface area contributed by atoms with E-state index in [1.807, 2.05) is 18.5 Å². The number of nitrogens with one attached hydrogen (secondary N) is 1. The Morgan fingerprint density at radius 1 is 0.691 bits per heavy atom. The van der Waals surface area contributed by atoms with E-state index < -0.39 is 0 Å². The molecule has 2 saturated carbocycles. The molecule has 4 aromatic heterocycles. The third kappa shape index (κ3) is 5.54. The van der Waals surface area contributed by atoms with Gasteiger partial charge < -0.3 is 9.97 Å². The largest absolute Gasteiger partial charge is 0.305 e. The van der Waals surface area contributed by atoms with Crippen LogP contribution < -0.4 is 4.40 Å². The predicted molar refractivity (Wildman–Crippen MR) is 220 cm³/mol. The van der Waals surface area contributed by atoms with Gasteiger partial charge in [-0.3, -0.25) is 0 Å². The minimum Gasteiger partial charge on any atom is -0.305 e. The van der Waals surface area contributed by atoms with Crippen molar-refractivity contribution in [2.45, 2.75) is 57.8 Å². The Bertz CT molecular complexity index is 2920. The zero-order chi connectivity index (χ0) is 35.9. The Hall–Kier alpha value is -5.22. The summed E-state index contributed by atoms with van der Waals surface area (Å²) >= 11 is 0. The van der Waals surface area contributed by atoms with Gasteiger partial charge in [-0.05, 0) is 114 Å². The van der Waals surface area contributed by atoms with Crippen molar-refractivity contribution < 1.29 is 24.5 Å². The van der Waals surface area contributed by atoms with E-state index in [0.29, 0.717) is 0 Å². The van der Waals surface area contributed by atoms with Crippen LogP contribution in [0.2, 0.25) is 0 Å². The molecule has 3 aliphatic rings. The van der Waals surface area contributed by atoms with E-state index in [0.717, 1.165) is 68.0 Å². The minimum atomic E-state index is 0. The number of nitrogens with zero attached hydrogens (tertiary/aromatic N) is 3. The van der Waals surface area contributed by atoms with Gasteiger partial charge in [0.15, 0.2) is 11.0 Å². The maximum absolute atomic E-state index is 4.74. The van der Waals surface area contributed by atoms with Crippen LogP contribution in [0.1, 0.15) is 66.2 Å².